The first-order valence-corrected chi connectivity index (χ1v) is 5.03. The molecule has 0 saturated heterocycles. The first-order valence-electron chi connectivity index (χ1n) is 4.22. The summed E-state index contributed by atoms with van der Waals surface area (Å²) in [5.41, 5.74) is 1.95. The number of fused-ring (bicyclic) bond motifs is 3. The van der Waals surface area contributed by atoms with Crippen molar-refractivity contribution in [3.8, 4) is 0 Å². The molecule has 2 heterocycles. The van der Waals surface area contributed by atoms with Gasteiger partial charge in [0.1, 0.15) is 0 Å². The predicted molar refractivity (Wildman–Crippen MR) is 55.9 cm³/mol. The summed E-state index contributed by atoms with van der Waals surface area (Å²) >= 11 is 1.52. The Morgan fingerprint density at radius 3 is 3.21 bits per heavy atom. The molecule has 3 aromatic rings. The summed E-state index contributed by atoms with van der Waals surface area (Å²) in [5, 5.41) is 6.36. The molecule has 0 aliphatic rings. The quantitative estimate of drug-likeness (QED) is 0.605. The molecule has 0 amide bonds. The summed E-state index contributed by atoms with van der Waals surface area (Å²) in [6.45, 7) is 2.03. The van der Waals surface area contributed by atoms with E-state index in [1.54, 1.807) is 4.40 Å². The minimum absolute atomic E-state index is 0.171. The average molecular weight is 205 g/mol. The Bertz CT molecular complexity index is 676. The molecule has 0 saturated carbocycles. The lowest BCUT2D eigenvalue weighted by Crippen LogP contribution is -2.07. The number of H-pyrrole nitrogens is 1. The number of nitrogens with zero attached hydrogens (tertiary/aromatic N) is 2. The molecule has 14 heavy (non-hydrogen) atoms. The van der Waals surface area contributed by atoms with Gasteiger partial charge in [-0.1, -0.05) is 17.4 Å². The second-order valence-corrected chi connectivity index (χ2v) is 4.23. The zero-order valence-electron chi connectivity index (χ0n) is 7.44. The number of nitrogens with one attached hydrogen (secondary N) is 1. The molecule has 0 bridgehead atoms. The molecule has 0 unspecified atom stereocenters. The van der Waals surface area contributed by atoms with Crippen molar-refractivity contribution in [1.29, 1.82) is 0 Å². The van der Waals surface area contributed by atoms with Gasteiger partial charge in [-0.25, -0.2) is 14.3 Å². The number of aromatic nitrogens is 3. The lowest BCUT2D eigenvalue weighted by molar-refractivity contribution is 1.04. The van der Waals surface area contributed by atoms with E-state index in [0.29, 0.717) is 0 Å². The molecule has 1 aromatic carbocycles. The maximum absolute atomic E-state index is 11.4. The van der Waals surface area contributed by atoms with Gasteiger partial charge in [0, 0.05) is 0 Å². The van der Waals surface area contributed by atoms with Gasteiger partial charge in [-0.2, -0.15) is 0 Å². The highest BCUT2D eigenvalue weighted by atomic mass is 32.1. The number of aryl methyl sites for hydroxylation is 1. The highest BCUT2D eigenvalue weighted by molar-refractivity contribution is 7.23. The van der Waals surface area contributed by atoms with Gasteiger partial charge in [-0.15, -0.1) is 5.10 Å². The molecule has 70 valence electrons. The van der Waals surface area contributed by atoms with Crippen molar-refractivity contribution in [2.75, 3.05) is 0 Å². The standard InChI is InChI=1S/C9H7N3OS/c1-5-2-3-6-7(4-5)14-9-11-10-8(13)12(6)9/h2-4H,1H3,(H,10,13). The molecule has 0 spiro atoms. The number of thiazole rings is 1. The van der Waals surface area contributed by atoms with Crippen molar-refractivity contribution in [1.82, 2.24) is 14.6 Å². The van der Waals surface area contributed by atoms with Crippen LogP contribution in [0.5, 0.6) is 0 Å². The fraction of sp³-hybridized carbons (Fsp3) is 0.111. The van der Waals surface area contributed by atoms with Crippen LogP contribution in [0.3, 0.4) is 0 Å². The number of hydrogen-bond donors (Lipinski definition) is 1. The van der Waals surface area contributed by atoms with Crippen molar-refractivity contribution < 1.29 is 0 Å². The van der Waals surface area contributed by atoms with Crippen LogP contribution in [0.1, 0.15) is 5.56 Å². The average Bonchev–Trinajstić information content (AvgIpc) is 2.66. The van der Waals surface area contributed by atoms with E-state index < -0.39 is 0 Å². The first kappa shape index (κ1) is 7.75. The Balaban J connectivity index is 2.65. The predicted octanol–water partition coefficient (Wildman–Crippen LogP) is 1.55. The van der Waals surface area contributed by atoms with E-state index in [2.05, 4.69) is 16.3 Å². The van der Waals surface area contributed by atoms with Gasteiger partial charge in [0.25, 0.3) is 0 Å². The lowest BCUT2D eigenvalue weighted by atomic mass is 10.2. The third-order valence-corrected chi connectivity index (χ3v) is 3.20. The molecular formula is C9H7N3OS. The summed E-state index contributed by atoms with van der Waals surface area (Å²) in [6, 6.07) is 6.01. The summed E-state index contributed by atoms with van der Waals surface area (Å²) in [7, 11) is 0. The fourth-order valence-corrected chi connectivity index (χ4v) is 2.62. The highest BCUT2D eigenvalue weighted by Gasteiger charge is 2.08. The smallest absolute Gasteiger partial charge is 0.246 e. The van der Waals surface area contributed by atoms with Crippen molar-refractivity contribution >= 4 is 26.5 Å². The Labute approximate surface area is 82.8 Å². The molecule has 0 atom stereocenters. The van der Waals surface area contributed by atoms with E-state index in [1.165, 1.54) is 16.9 Å². The molecule has 2 aromatic heterocycles. The molecule has 0 fully saturated rings. The van der Waals surface area contributed by atoms with Gasteiger partial charge in [-0.3, -0.25) is 0 Å². The van der Waals surface area contributed by atoms with E-state index >= 15 is 0 Å². The van der Waals surface area contributed by atoms with Crippen LogP contribution in [0.15, 0.2) is 23.0 Å². The molecular weight excluding hydrogens is 198 g/mol. The highest BCUT2D eigenvalue weighted by Crippen LogP contribution is 2.24. The summed E-state index contributed by atoms with van der Waals surface area (Å²) in [5.74, 6) is 0. The van der Waals surface area contributed by atoms with Crippen molar-refractivity contribution in [2.24, 2.45) is 0 Å². The van der Waals surface area contributed by atoms with Crippen LogP contribution in [0, 0.1) is 6.92 Å². The van der Waals surface area contributed by atoms with Gasteiger partial charge in [0.15, 0.2) is 0 Å². The van der Waals surface area contributed by atoms with Crippen LogP contribution < -0.4 is 5.69 Å². The van der Waals surface area contributed by atoms with Crippen LogP contribution >= 0.6 is 11.3 Å². The maximum Gasteiger partial charge on any atom is 0.348 e. The Hall–Kier alpha value is -1.62. The summed E-state index contributed by atoms with van der Waals surface area (Å²) in [4.78, 5) is 12.1. The van der Waals surface area contributed by atoms with E-state index in [1.807, 2.05) is 19.1 Å². The van der Waals surface area contributed by atoms with E-state index in [4.69, 9.17) is 0 Å². The van der Waals surface area contributed by atoms with Crippen LogP contribution in [0.25, 0.3) is 15.2 Å². The minimum Gasteiger partial charge on any atom is -0.246 e. The lowest BCUT2D eigenvalue weighted by Gasteiger charge is -1.91. The van der Waals surface area contributed by atoms with E-state index in [0.717, 1.165) is 15.2 Å². The molecule has 0 radical (unpaired) electrons. The number of hydrogen-bond acceptors (Lipinski definition) is 3. The molecule has 3 rings (SSSR count). The van der Waals surface area contributed by atoms with Gasteiger partial charge < -0.3 is 0 Å². The number of rotatable bonds is 0. The van der Waals surface area contributed by atoms with Crippen LogP contribution in [-0.4, -0.2) is 14.6 Å². The molecule has 0 aliphatic carbocycles. The van der Waals surface area contributed by atoms with Crippen molar-refractivity contribution in [3.63, 3.8) is 0 Å². The van der Waals surface area contributed by atoms with Crippen LogP contribution in [0.4, 0.5) is 0 Å². The third-order valence-electron chi connectivity index (χ3n) is 2.20. The summed E-state index contributed by atoms with van der Waals surface area (Å²) < 4.78 is 2.69. The second-order valence-electron chi connectivity index (χ2n) is 3.22. The van der Waals surface area contributed by atoms with Gasteiger partial charge in [-0.05, 0) is 24.6 Å². The van der Waals surface area contributed by atoms with E-state index in [-0.39, 0.29) is 5.69 Å². The minimum atomic E-state index is -0.171. The third kappa shape index (κ3) is 0.871. The Morgan fingerprint density at radius 2 is 2.36 bits per heavy atom. The van der Waals surface area contributed by atoms with Crippen molar-refractivity contribution in [2.45, 2.75) is 6.92 Å². The first-order chi connectivity index (χ1) is 6.75. The monoisotopic (exact) mass is 205 g/mol. The zero-order valence-corrected chi connectivity index (χ0v) is 8.26. The van der Waals surface area contributed by atoms with Gasteiger partial charge >= 0.3 is 5.69 Å². The zero-order chi connectivity index (χ0) is 9.71. The second kappa shape index (κ2) is 2.45. The summed E-state index contributed by atoms with van der Waals surface area (Å²) in [6.07, 6.45) is 0. The van der Waals surface area contributed by atoms with Crippen LogP contribution in [-0.2, 0) is 0 Å². The number of benzene rings is 1. The molecule has 5 heteroatoms. The van der Waals surface area contributed by atoms with Crippen LogP contribution in [0.2, 0.25) is 0 Å². The van der Waals surface area contributed by atoms with E-state index in [9.17, 15) is 4.79 Å². The Kier molecular flexibility index (Phi) is 1.36. The van der Waals surface area contributed by atoms with Gasteiger partial charge in [0.05, 0.1) is 10.2 Å². The molecule has 1 N–H and O–H groups in total. The normalized spacial score (nSPS) is 11.5. The fourth-order valence-electron chi connectivity index (χ4n) is 1.55. The molecule has 0 aliphatic heterocycles. The van der Waals surface area contributed by atoms with Crippen molar-refractivity contribution in [3.05, 3.63) is 34.2 Å². The topological polar surface area (TPSA) is 50.2 Å². The SMILES string of the molecule is Cc1ccc2c(c1)sc1n[nH]c(=O)n12. The Morgan fingerprint density at radius 1 is 1.50 bits per heavy atom. The van der Waals surface area contributed by atoms with Gasteiger partial charge in [0.2, 0.25) is 4.96 Å². The largest absolute Gasteiger partial charge is 0.348 e. The maximum atomic E-state index is 11.4. The molecule has 4 nitrogen and oxygen atoms in total. The number of aromatic amines is 1.